The van der Waals surface area contributed by atoms with Crippen LogP contribution in [0.5, 0.6) is 5.75 Å². The first-order valence-corrected chi connectivity index (χ1v) is 11.6. The summed E-state index contributed by atoms with van der Waals surface area (Å²) in [5.41, 5.74) is 9.42. The van der Waals surface area contributed by atoms with E-state index in [0.717, 1.165) is 0 Å². The number of benzene rings is 1. The zero-order chi connectivity index (χ0) is 26.5. The number of aliphatic imine (C=N–C) groups is 1. The molecule has 0 fully saturated rings. The molecule has 3 heterocycles. The number of carbonyl (C=O) groups excluding carboxylic acids is 2. The van der Waals surface area contributed by atoms with Crippen LogP contribution in [0.2, 0.25) is 0 Å². The minimum atomic E-state index is -3.13. The first kappa shape index (κ1) is 25.8. The van der Waals surface area contributed by atoms with Crippen LogP contribution in [0.15, 0.2) is 58.8 Å². The van der Waals surface area contributed by atoms with Gasteiger partial charge in [-0.15, -0.1) is 11.3 Å². The van der Waals surface area contributed by atoms with Gasteiger partial charge in [-0.25, -0.2) is 10.4 Å². The number of hydrazine groups is 1. The summed E-state index contributed by atoms with van der Waals surface area (Å²) in [6.07, 6.45) is 6.16. The highest BCUT2D eigenvalue weighted by Gasteiger charge is 2.32. The molecule has 0 radical (unpaired) electrons. The number of carbonyl (C=O) groups is 2. The maximum atomic E-state index is 13.3. The largest absolute Gasteiger partial charge is 0.468 e. The summed E-state index contributed by atoms with van der Waals surface area (Å²) < 4.78 is 36.8. The van der Waals surface area contributed by atoms with Gasteiger partial charge in [0.2, 0.25) is 0 Å². The summed E-state index contributed by atoms with van der Waals surface area (Å²) in [4.78, 5) is 29.6. The number of hydrogen-bond donors (Lipinski definition) is 4. The Hall–Kier alpha value is -4.32. The van der Waals surface area contributed by atoms with E-state index in [4.69, 9.17) is 15.2 Å². The number of hydrogen-bond acceptors (Lipinski definition) is 11. The lowest BCUT2D eigenvalue weighted by molar-refractivity contribution is -0.141. The van der Waals surface area contributed by atoms with Crippen LogP contribution in [0.3, 0.4) is 0 Å². The number of methoxy groups -OCH3 is 1. The SMILES string of the molecule is COC(=O)CN1C=C(NC(=O)/C(CN)=C2\N=CC=CN2)C(c2cc3sc(C#N)cc3cc2OC(F)F)N1. The van der Waals surface area contributed by atoms with Crippen molar-refractivity contribution in [2.45, 2.75) is 12.7 Å². The molecule has 0 saturated carbocycles. The van der Waals surface area contributed by atoms with Gasteiger partial charge in [-0.1, -0.05) is 0 Å². The number of alkyl halides is 2. The maximum Gasteiger partial charge on any atom is 0.387 e. The molecule has 11 nitrogen and oxygen atoms in total. The van der Waals surface area contributed by atoms with Crippen LogP contribution in [-0.2, 0) is 14.3 Å². The number of thiophene rings is 1. The molecule has 192 valence electrons. The molecule has 0 saturated heterocycles. The molecule has 5 N–H and O–H groups in total. The van der Waals surface area contributed by atoms with E-state index in [1.807, 2.05) is 6.07 Å². The number of ether oxygens (including phenoxy) is 2. The number of nitriles is 1. The molecule has 14 heteroatoms. The van der Waals surface area contributed by atoms with Gasteiger partial charge in [0.1, 0.15) is 29.1 Å². The normalized spacial score (nSPS) is 17.9. The van der Waals surface area contributed by atoms with Crippen molar-refractivity contribution in [2.24, 2.45) is 10.7 Å². The van der Waals surface area contributed by atoms with Gasteiger partial charge in [0, 0.05) is 35.4 Å². The summed E-state index contributed by atoms with van der Waals surface area (Å²) >= 11 is 1.17. The Morgan fingerprint density at radius 3 is 2.84 bits per heavy atom. The zero-order valence-electron chi connectivity index (χ0n) is 19.3. The lowest BCUT2D eigenvalue weighted by Gasteiger charge is -2.22. The van der Waals surface area contributed by atoms with Crippen LogP contribution in [0.25, 0.3) is 10.1 Å². The van der Waals surface area contributed by atoms with E-state index >= 15 is 0 Å². The van der Waals surface area contributed by atoms with E-state index in [1.54, 1.807) is 24.4 Å². The number of esters is 1. The van der Waals surface area contributed by atoms with Gasteiger partial charge in [0.25, 0.3) is 5.91 Å². The maximum absolute atomic E-state index is 13.3. The van der Waals surface area contributed by atoms with Crippen molar-refractivity contribution in [1.82, 2.24) is 21.1 Å². The Bertz CT molecular complexity index is 1390. The van der Waals surface area contributed by atoms with Crippen molar-refractivity contribution in [3.63, 3.8) is 0 Å². The van der Waals surface area contributed by atoms with E-state index in [0.29, 0.717) is 15.0 Å². The number of fused-ring (bicyclic) bond motifs is 1. The van der Waals surface area contributed by atoms with E-state index in [1.165, 1.54) is 41.9 Å². The van der Waals surface area contributed by atoms with Crippen LogP contribution >= 0.6 is 11.3 Å². The molecule has 2 aliphatic rings. The van der Waals surface area contributed by atoms with Crippen LogP contribution in [-0.4, -0.2) is 49.9 Å². The van der Waals surface area contributed by atoms with Crippen molar-refractivity contribution in [3.05, 3.63) is 64.2 Å². The zero-order valence-corrected chi connectivity index (χ0v) is 20.1. The molecule has 4 rings (SSSR count). The molecule has 2 aromatic rings. The number of rotatable bonds is 8. The van der Waals surface area contributed by atoms with Crippen LogP contribution in [0.4, 0.5) is 8.78 Å². The molecule has 1 aromatic carbocycles. The summed E-state index contributed by atoms with van der Waals surface area (Å²) in [6, 6.07) is 5.69. The fourth-order valence-corrected chi connectivity index (χ4v) is 4.60. The van der Waals surface area contributed by atoms with E-state index in [9.17, 15) is 23.6 Å². The van der Waals surface area contributed by atoms with Gasteiger partial charge in [-0.3, -0.25) is 9.59 Å². The Kier molecular flexibility index (Phi) is 7.77. The van der Waals surface area contributed by atoms with E-state index in [-0.39, 0.29) is 41.5 Å². The standard InChI is InChI=1S/C23H21F2N7O4S/c1-35-19(33)11-32-10-16(30-22(34)15(9-27)21-28-3-2-4-29-21)20(31-32)14-7-18-12(5-13(8-26)37-18)6-17(14)36-23(24)25/h2-7,10,20,23,28,31H,9,11,27H2,1H3,(H,30,34)/b21-15-. The third kappa shape index (κ3) is 5.75. The van der Waals surface area contributed by atoms with Crippen molar-refractivity contribution in [3.8, 4) is 11.8 Å². The second kappa shape index (κ2) is 11.2. The number of nitrogens with one attached hydrogen (secondary N) is 3. The number of nitrogens with two attached hydrogens (primary N) is 1. The minimum absolute atomic E-state index is 0.142. The molecular weight excluding hydrogens is 508 g/mol. The molecule has 0 spiro atoms. The summed E-state index contributed by atoms with van der Waals surface area (Å²) in [6.45, 7) is -3.51. The third-order valence-corrected chi connectivity index (χ3v) is 6.34. The predicted molar refractivity (Wildman–Crippen MR) is 131 cm³/mol. The predicted octanol–water partition coefficient (Wildman–Crippen LogP) is 1.72. The lowest BCUT2D eigenvalue weighted by Crippen LogP contribution is -2.37. The van der Waals surface area contributed by atoms with Crippen LogP contribution in [0, 0.1) is 11.3 Å². The fraction of sp³-hybridized carbons (Fsp3) is 0.217. The number of allylic oxidation sites excluding steroid dienone is 1. The molecular formula is C23H21F2N7O4S. The Morgan fingerprint density at radius 2 is 2.19 bits per heavy atom. The monoisotopic (exact) mass is 529 g/mol. The Morgan fingerprint density at radius 1 is 1.38 bits per heavy atom. The van der Waals surface area contributed by atoms with Crippen molar-refractivity contribution >= 4 is 39.5 Å². The molecule has 0 aliphatic carbocycles. The van der Waals surface area contributed by atoms with Gasteiger partial charge >= 0.3 is 12.6 Å². The first-order chi connectivity index (χ1) is 17.8. The second-order valence-corrected chi connectivity index (χ2v) is 8.73. The van der Waals surface area contributed by atoms with Gasteiger partial charge in [-0.05, 0) is 29.7 Å². The Labute approximate surface area is 213 Å². The lowest BCUT2D eigenvalue weighted by atomic mass is 10.0. The van der Waals surface area contributed by atoms with Gasteiger partial charge in [0.15, 0.2) is 0 Å². The number of nitrogens with zero attached hydrogens (tertiary/aromatic N) is 3. The average Bonchev–Trinajstić information content (AvgIpc) is 3.47. The van der Waals surface area contributed by atoms with Gasteiger partial charge in [-0.2, -0.15) is 14.0 Å². The van der Waals surface area contributed by atoms with Crippen LogP contribution < -0.4 is 26.5 Å². The molecule has 0 bridgehead atoms. The second-order valence-electron chi connectivity index (χ2n) is 7.65. The average molecular weight is 530 g/mol. The van der Waals surface area contributed by atoms with Crippen LogP contribution in [0.1, 0.15) is 16.5 Å². The van der Waals surface area contributed by atoms with Gasteiger partial charge < -0.3 is 30.8 Å². The highest BCUT2D eigenvalue weighted by Crippen LogP contribution is 2.39. The van der Waals surface area contributed by atoms with Crippen molar-refractivity contribution in [2.75, 3.05) is 20.2 Å². The fourth-order valence-electron chi connectivity index (χ4n) is 3.71. The van der Waals surface area contributed by atoms with E-state index < -0.39 is 24.5 Å². The van der Waals surface area contributed by atoms with E-state index in [2.05, 4.69) is 21.1 Å². The smallest absolute Gasteiger partial charge is 0.387 e. The number of amides is 1. The molecule has 1 unspecified atom stereocenters. The first-order valence-electron chi connectivity index (χ1n) is 10.8. The summed E-state index contributed by atoms with van der Waals surface area (Å²) in [5.74, 6) is -1.08. The topological polar surface area (TPSA) is 154 Å². The highest BCUT2D eigenvalue weighted by atomic mass is 32.1. The minimum Gasteiger partial charge on any atom is -0.468 e. The Balaban J connectivity index is 1.74. The molecule has 2 aliphatic heterocycles. The van der Waals surface area contributed by atoms with Crippen molar-refractivity contribution in [1.29, 1.82) is 5.26 Å². The quantitative estimate of drug-likeness (QED) is 0.296. The van der Waals surface area contributed by atoms with Crippen molar-refractivity contribution < 1.29 is 27.8 Å². The molecule has 37 heavy (non-hydrogen) atoms. The number of halogens is 2. The third-order valence-electron chi connectivity index (χ3n) is 5.34. The molecule has 1 amide bonds. The van der Waals surface area contributed by atoms with Gasteiger partial charge in [0.05, 0.1) is 24.4 Å². The summed E-state index contributed by atoms with van der Waals surface area (Å²) in [5, 5.41) is 16.7. The summed E-state index contributed by atoms with van der Waals surface area (Å²) in [7, 11) is 1.22. The highest BCUT2D eigenvalue weighted by molar-refractivity contribution is 7.19. The molecule has 1 atom stereocenters. The molecule has 1 aromatic heterocycles.